The number of sulfone groups is 1. The summed E-state index contributed by atoms with van der Waals surface area (Å²) in [4.78, 5) is 24.9. The average molecular weight is 483 g/mol. The number of rotatable bonds is 7. The van der Waals surface area contributed by atoms with E-state index < -0.39 is 33.8 Å². The number of hydrogen-bond acceptors (Lipinski definition) is 6. The Kier molecular flexibility index (Phi) is 11.1. The van der Waals surface area contributed by atoms with Crippen LogP contribution in [0.3, 0.4) is 0 Å². The summed E-state index contributed by atoms with van der Waals surface area (Å²) in [6.45, 7) is 4.80. The second-order valence-electron chi connectivity index (χ2n) is 8.83. The molecule has 2 amide bonds. The van der Waals surface area contributed by atoms with E-state index in [0.717, 1.165) is 18.4 Å². The first kappa shape index (κ1) is 27.1. The molecule has 0 saturated carbocycles. The molecule has 1 aromatic carbocycles. The van der Waals surface area contributed by atoms with Gasteiger partial charge in [0.25, 0.3) is 0 Å². The van der Waals surface area contributed by atoms with E-state index in [-0.39, 0.29) is 30.3 Å². The van der Waals surface area contributed by atoms with E-state index in [9.17, 15) is 23.1 Å². The third-order valence-electron chi connectivity index (χ3n) is 5.80. The molecule has 1 unspecified atom stereocenters. The Balaban J connectivity index is 2.14. The van der Waals surface area contributed by atoms with E-state index in [1.165, 1.54) is 0 Å². The normalized spacial score (nSPS) is 21.4. The summed E-state index contributed by atoms with van der Waals surface area (Å²) in [7, 11) is -3.34. The molecule has 0 radical (unpaired) electrons. The number of carbonyl (C=O) groups is 2. The Morgan fingerprint density at radius 1 is 1.30 bits per heavy atom. The van der Waals surface area contributed by atoms with Crippen molar-refractivity contribution in [3.63, 3.8) is 0 Å². The highest BCUT2D eigenvalue weighted by atomic mass is 32.2. The van der Waals surface area contributed by atoms with Crippen molar-refractivity contribution in [2.45, 2.75) is 70.9 Å². The van der Waals surface area contributed by atoms with Crippen molar-refractivity contribution < 1.29 is 27.9 Å². The third-order valence-corrected chi connectivity index (χ3v) is 7.53. The predicted octanol–water partition coefficient (Wildman–Crippen LogP) is 1.99. The minimum atomic E-state index is -3.34. The molecule has 1 heterocycles. The second-order valence-corrected chi connectivity index (χ2v) is 11.1. The van der Waals surface area contributed by atoms with Gasteiger partial charge < -0.3 is 20.5 Å². The molecular formula is C24H38N2O6S. The van der Waals surface area contributed by atoms with Gasteiger partial charge in [0.1, 0.15) is 5.75 Å². The fraction of sp³-hybridized carbons (Fsp3) is 0.667. The molecule has 0 saturated heterocycles. The first-order valence-electron chi connectivity index (χ1n) is 11.9. The number of aliphatic hydroxyl groups is 1. The molecule has 2 bridgehead atoms. The van der Waals surface area contributed by atoms with Gasteiger partial charge in [-0.2, -0.15) is 0 Å². The lowest BCUT2D eigenvalue weighted by Gasteiger charge is -2.26. The van der Waals surface area contributed by atoms with E-state index in [1.807, 2.05) is 31.2 Å². The highest BCUT2D eigenvalue weighted by molar-refractivity contribution is 7.91. The number of carbonyl (C=O) groups excluding carboxylic acids is 2. The van der Waals surface area contributed by atoms with Crippen LogP contribution in [0, 0.1) is 5.92 Å². The van der Waals surface area contributed by atoms with E-state index in [0.29, 0.717) is 38.2 Å². The number of benzene rings is 1. The zero-order valence-electron chi connectivity index (χ0n) is 19.7. The van der Waals surface area contributed by atoms with Crippen LogP contribution in [0.4, 0.5) is 0 Å². The summed E-state index contributed by atoms with van der Waals surface area (Å²) in [5.74, 6) is -0.543. The highest BCUT2D eigenvalue weighted by Gasteiger charge is 2.27. The van der Waals surface area contributed by atoms with E-state index in [1.54, 1.807) is 6.92 Å². The zero-order valence-corrected chi connectivity index (χ0v) is 20.5. The highest BCUT2D eigenvalue weighted by Crippen LogP contribution is 2.19. The Labute approximate surface area is 197 Å². The lowest BCUT2D eigenvalue weighted by atomic mass is 9.93. The molecule has 33 heavy (non-hydrogen) atoms. The van der Waals surface area contributed by atoms with E-state index in [2.05, 4.69) is 10.6 Å². The SMILES string of the molecule is CCCCNC(=O)[C@H](C)C[C@H](O)C1Cc2cccc(c2)OCCCCS(=O)(=O)CCC(=O)N1. The fourth-order valence-corrected chi connectivity index (χ4v) is 5.08. The van der Waals surface area contributed by atoms with Gasteiger partial charge in [0.15, 0.2) is 9.84 Å². The largest absolute Gasteiger partial charge is 0.494 e. The van der Waals surface area contributed by atoms with E-state index >= 15 is 0 Å². The summed E-state index contributed by atoms with van der Waals surface area (Å²) in [6, 6.07) is 6.77. The Hall–Kier alpha value is -2.13. The topological polar surface area (TPSA) is 122 Å². The molecule has 8 nitrogen and oxygen atoms in total. The van der Waals surface area contributed by atoms with Crippen LogP contribution in [0.25, 0.3) is 0 Å². The van der Waals surface area contributed by atoms with Crippen molar-refractivity contribution >= 4 is 21.7 Å². The van der Waals surface area contributed by atoms with Gasteiger partial charge in [-0.05, 0) is 49.8 Å². The second kappa shape index (κ2) is 13.5. The summed E-state index contributed by atoms with van der Waals surface area (Å²) >= 11 is 0. The van der Waals surface area contributed by atoms with Crippen molar-refractivity contribution in [2.75, 3.05) is 24.7 Å². The summed E-state index contributed by atoms with van der Waals surface area (Å²) in [5, 5.41) is 16.6. The number of unbranched alkanes of at least 4 members (excludes halogenated alkanes) is 1. The molecule has 3 N–H and O–H groups in total. The summed E-state index contributed by atoms with van der Waals surface area (Å²) in [6.07, 6.45) is 2.33. The number of aliphatic hydroxyl groups excluding tert-OH is 1. The van der Waals surface area contributed by atoms with Crippen LogP contribution in [0.5, 0.6) is 5.75 Å². The van der Waals surface area contributed by atoms with E-state index in [4.69, 9.17) is 4.74 Å². The molecular weight excluding hydrogens is 444 g/mol. The van der Waals surface area contributed by atoms with Gasteiger partial charge in [-0.3, -0.25) is 9.59 Å². The Morgan fingerprint density at radius 3 is 2.85 bits per heavy atom. The van der Waals surface area contributed by atoms with Gasteiger partial charge in [0, 0.05) is 18.9 Å². The number of hydrogen-bond donors (Lipinski definition) is 3. The van der Waals surface area contributed by atoms with Crippen LogP contribution in [-0.2, 0) is 25.8 Å². The number of nitrogens with one attached hydrogen (secondary N) is 2. The first-order valence-corrected chi connectivity index (χ1v) is 13.7. The molecule has 0 aromatic heterocycles. The average Bonchev–Trinajstić information content (AvgIpc) is 2.77. The molecule has 1 aromatic rings. The minimum absolute atomic E-state index is 0.0143. The maximum atomic E-state index is 12.6. The monoisotopic (exact) mass is 482 g/mol. The van der Waals surface area contributed by atoms with Gasteiger partial charge in [-0.1, -0.05) is 32.4 Å². The standard InChI is InChI=1S/C24H38N2O6S/c1-3-4-11-25-24(29)18(2)15-22(27)21-17-19-8-7-9-20(16-19)32-12-5-6-13-33(30,31)14-10-23(28)26-21/h7-9,16,18,21-22,27H,3-6,10-15,17H2,1-2H3,(H,25,29)(H,26,28)/t18-,21?,22+/m1/s1. The molecule has 1 aliphatic heterocycles. The number of ether oxygens (including phenoxy) is 1. The summed E-state index contributed by atoms with van der Waals surface area (Å²) < 4.78 is 30.2. The predicted molar refractivity (Wildman–Crippen MR) is 128 cm³/mol. The van der Waals surface area contributed by atoms with Crippen LogP contribution >= 0.6 is 0 Å². The van der Waals surface area contributed by atoms with Crippen molar-refractivity contribution in [2.24, 2.45) is 5.92 Å². The first-order chi connectivity index (χ1) is 15.7. The van der Waals surface area contributed by atoms with Gasteiger partial charge in [0.05, 0.1) is 30.3 Å². The lowest BCUT2D eigenvalue weighted by molar-refractivity contribution is -0.125. The van der Waals surface area contributed by atoms with Crippen molar-refractivity contribution in [3.8, 4) is 5.75 Å². The molecule has 2 rings (SSSR count). The maximum Gasteiger partial charge on any atom is 0.222 e. The van der Waals surface area contributed by atoms with Gasteiger partial charge >= 0.3 is 0 Å². The van der Waals surface area contributed by atoms with Crippen molar-refractivity contribution in [3.05, 3.63) is 29.8 Å². The Bertz CT molecular complexity index is 873. The number of fused-ring (bicyclic) bond motifs is 2. The quantitative estimate of drug-likeness (QED) is 0.511. The molecule has 3 atom stereocenters. The molecule has 0 aliphatic carbocycles. The summed E-state index contributed by atoms with van der Waals surface area (Å²) in [5.41, 5.74) is 0.874. The Morgan fingerprint density at radius 2 is 2.09 bits per heavy atom. The zero-order chi connectivity index (χ0) is 24.3. The molecule has 0 spiro atoms. The smallest absolute Gasteiger partial charge is 0.222 e. The molecule has 9 heteroatoms. The van der Waals surface area contributed by atoms with Crippen LogP contribution in [0.15, 0.2) is 24.3 Å². The lowest BCUT2D eigenvalue weighted by Crippen LogP contribution is -2.46. The van der Waals surface area contributed by atoms with Crippen LogP contribution in [0.1, 0.15) is 57.9 Å². The maximum absolute atomic E-state index is 12.6. The molecule has 1 aliphatic rings. The van der Waals surface area contributed by atoms with Gasteiger partial charge in [0.2, 0.25) is 11.8 Å². The van der Waals surface area contributed by atoms with Crippen LogP contribution in [-0.4, -0.2) is 62.1 Å². The third kappa shape index (κ3) is 10.1. The van der Waals surface area contributed by atoms with Crippen LogP contribution in [0.2, 0.25) is 0 Å². The van der Waals surface area contributed by atoms with Gasteiger partial charge in [-0.25, -0.2) is 8.42 Å². The molecule has 0 fully saturated rings. The van der Waals surface area contributed by atoms with Crippen LogP contribution < -0.4 is 15.4 Å². The minimum Gasteiger partial charge on any atom is -0.494 e. The fourth-order valence-electron chi connectivity index (χ4n) is 3.74. The van der Waals surface area contributed by atoms with Crippen molar-refractivity contribution in [1.82, 2.24) is 10.6 Å². The van der Waals surface area contributed by atoms with Crippen molar-refractivity contribution in [1.29, 1.82) is 0 Å². The molecule has 186 valence electrons. The van der Waals surface area contributed by atoms with Gasteiger partial charge in [-0.15, -0.1) is 0 Å². The number of amides is 2.